The molecule has 2 aromatic heterocycles. The van der Waals surface area contributed by atoms with E-state index in [1.807, 2.05) is 0 Å². The molecule has 1 aliphatic rings. The van der Waals surface area contributed by atoms with Crippen LogP contribution in [0.1, 0.15) is 35.4 Å². The first-order chi connectivity index (χ1) is 14.5. The molecule has 3 heterocycles. The lowest BCUT2D eigenvalue weighted by molar-refractivity contribution is 0.0673. The number of carbonyl (C=O) groups excluding carboxylic acids is 1. The first kappa shape index (κ1) is 20.4. The lowest BCUT2D eigenvalue weighted by Crippen LogP contribution is -2.19. The monoisotopic (exact) mass is 434 g/mol. The number of rotatable bonds is 7. The number of hydrogen-bond donors (Lipinski definition) is 1. The van der Waals surface area contributed by atoms with E-state index in [9.17, 15) is 13.6 Å². The van der Waals surface area contributed by atoms with Gasteiger partial charge in [-0.2, -0.15) is 8.78 Å². The Hall–Kier alpha value is -2.85. The molecule has 0 spiro atoms. The number of alkyl halides is 2. The highest BCUT2D eigenvalue weighted by Crippen LogP contribution is 2.34. The Morgan fingerprint density at radius 3 is 3.03 bits per heavy atom. The summed E-state index contributed by atoms with van der Waals surface area (Å²) in [4.78, 5) is 21.6. The number of halogens is 2. The van der Waals surface area contributed by atoms with Crippen molar-refractivity contribution in [3.63, 3.8) is 0 Å². The van der Waals surface area contributed by atoms with E-state index in [0.717, 1.165) is 35.4 Å². The standard InChI is InChI=1S/C20H20F2N4O3S/c1-12-16(17-23-8-9-26(17)19(21)22)30-20(24-12)25-18(27)14-6-2-3-7-15(14)29-11-13-5-4-10-28-13/h2-3,6-9,13,19H,4-5,10-11H2,1H3,(H,24,25,27)/t13-/m1/s1. The smallest absolute Gasteiger partial charge is 0.320 e. The molecule has 30 heavy (non-hydrogen) atoms. The molecule has 0 aliphatic carbocycles. The highest BCUT2D eigenvalue weighted by Gasteiger charge is 2.21. The van der Waals surface area contributed by atoms with E-state index in [2.05, 4.69) is 15.3 Å². The number of nitrogens with one attached hydrogen (secondary N) is 1. The zero-order chi connectivity index (χ0) is 21.1. The molecular formula is C20H20F2N4O3S. The third-order valence-electron chi connectivity index (χ3n) is 4.68. The number of aromatic nitrogens is 3. The Kier molecular flexibility index (Phi) is 6.05. The number of thiazole rings is 1. The van der Waals surface area contributed by atoms with E-state index in [1.54, 1.807) is 31.2 Å². The van der Waals surface area contributed by atoms with Crippen LogP contribution in [0.4, 0.5) is 13.9 Å². The molecule has 158 valence electrons. The van der Waals surface area contributed by atoms with E-state index in [0.29, 0.717) is 33.6 Å². The van der Waals surface area contributed by atoms with Gasteiger partial charge in [0.15, 0.2) is 11.0 Å². The second kappa shape index (κ2) is 8.88. The number of imidazole rings is 1. The van der Waals surface area contributed by atoms with Crippen LogP contribution in [0.25, 0.3) is 10.7 Å². The average Bonchev–Trinajstić information content (AvgIpc) is 3.47. The summed E-state index contributed by atoms with van der Waals surface area (Å²) < 4.78 is 38.4. The maximum absolute atomic E-state index is 13.2. The number of anilines is 1. The average molecular weight is 434 g/mol. The topological polar surface area (TPSA) is 78.3 Å². The highest BCUT2D eigenvalue weighted by molar-refractivity contribution is 7.19. The third-order valence-corrected chi connectivity index (χ3v) is 5.75. The molecular weight excluding hydrogens is 414 g/mol. The lowest BCUT2D eigenvalue weighted by atomic mass is 10.2. The van der Waals surface area contributed by atoms with Gasteiger partial charge in [-0.3, -0.25) is 14.7 Å². The van der Waals surface area contributed by atoms with Crippen molar-refractivity contribution in [2.75, 3.05) is 18.5 Å². The van der Waals surface area contributed by atoms with Crippen molar-refractivity contribution in [1.29, 1.82) is 0 Å². The number of nitrogens with zero attached hydrogens (tertiary/aromatic N) is 3. The second-order valence-electron chi connectivity index (χ2n) is 6.77. The molecule has 0 radical (unpaired) electrons. The molecule has 0 bridgehead atoms. The molecule has 1 amide bonds. The van der Waals surface area contributed by atoms with Gasteiger partial charge >= 0.3 is 6.55 Å². The summed E-state index contributed by atoms with van der Waals surface area (Å²) in [5.41, 5.74) is 0.866. The molecule has 1 aliphatic heterocycles. The van der Waals surface area contributed by atoms with E-state index < -0.39 is 12.5 Å². The number of ether oxygens (including phenoxy) is 2. The van der Waals surface area contributed by atoms with Crippen LogP contribution in [0.5, 0.6) is 5.75 Å². The Bertz CT molecular complexity index is 1030. The first-order valence-electron chi connectivity index (χ1n) is 9.46. The van der Waals surface area contributed by atoms with E-state index in [1.165, 1.54) is 12.4 Å². The van der Waals surface area contributed by atoms with Gasteiger partial charge in [0.25, 0.3) is 5.91 Å². The van der Waals surface area contributed by atoms with Crippen LogP contribution in [-0.4, -0.2) is 39.8 Å². The Morgan fingerprint density at radius 1 is 1.43 bits per heavy atom. The summed E-state index contributed by atoms with van der Waals surface area (Å²) in [6, 6.07) is 6.91. The summed E-state index contributed by atoms with van der Waals surface area (Å²) >= 11 is 1.09. The van der Waals surface area contributed by atoms with Gasteiger partial charge < -0.3 is 9.47 Å². The largest absolute Gasteiger partial charge is 0.490 e. The Labute approximate surface area is 175 Å². The summed E-state index contributed by atoms with van der Waals surface area (Å²) in [5.74, 6) is 0.170. The van der Waals surface area contributed by atoms with Gasteiger partial charge in [-0.15, -0.1) is 0 Å². The minimum Gasteiger partial charge on any atom is -0.490 e. The highest BCUT2D eigenvalue weighted by atomic mass is 32.1. The molecule has 4 rings (SSSR count). The van der Waals surface area contributed by atoms with Crippen LogP contribution in [0, 0.1) is 6.92 Å². The molecule has 7 nitrogen and oxygen atoms in total. The molecule has 3 aromatic rings. The van der Waals surface area contributed by atoms with Crippen molar-refractivity contribution in [3.8, 4) is 16.5 Å². The minimum atomic E-state index is -2.71. The molecule has 1 fully saturated rings. The summed E-state index contributed by atoms with van der Waals surface area (Å²) in [7, 11) is 0. The molecule has 1 atom stereocenters. The van der Waals surface area contributed by atoms with Crippen molar-refractivity contribution in [2.45, 2.75) is 32.4 Å². The molecule has 1 aromatic carbocycles. The normalized spacial score (nSPS) is 16.2. The second-order valence-corrected chi connectivity index (χ2v) is 7.76. The van der Waals surface area contributed by atoms with Gasteiger partial charge in [0, 0.05) is 19.0 Å². The number of amides is 1. The zero-order valence-electron chi connectivity index (χ0n) is 16.2. The molecule has 0 unspecified atom stereocenters. The summed E-state index contributed by atoms with van der Waals surface area (Å²) in [5, 5.41) is 3.03. The van der Waals surface area contributed by atoms with Gasteiger partial charge in [0.2, 0.25) is 0 Å². The van der Waals surface area contributed by atoms with Crippen LogP contribution in [0.2, 0.25) is 0 Å². The number of benzene rings is 1. The number of para-hydroxylation sites is 1. The van der Waals surface area contributed by atoms with Crippen molar-refractivity contribution in [3.05, 3.63) is 47.9 Å². The maximum Gasteiger partial charge on any atom is 0.320 e. The minimum absolute atomic E-state index is 0.0314. The van der Waals surface area contributed by atoms with Crippen LogP contribution in [-0.2, 0) is 4.74 Å². The molecule has 1 N–H and O–H groups in total. The number of hydrogen-bond acceptors (Lipinski definition) is 6. The molecule has 0 saturated carbocycles. The third kappa shape index (κ3) is 4.34. The van der Waals surface area contributed by atoms with Crippen molar-refractivity contribution >= 4 is 22.4 Å². The zero-order valence-corrected chi connectivity index (χ0v) is 17.0. The summed E-state index contributed by atoms with van der Waals surface area (Å²) in [6.45, 7) is 0.0761. The van der Waals surface area contributed by atoms with E-state index in [4.69, 9.17) is 9.47 Å². The fourth-order valence-electron chi connectivity index (χ4n) is 3.21. The quantitative estimate of drug-likeness (QED) is 0.592. The van der Waals surface area contributed by atoms with Gasteiger partial charge in [-0.05, 0) is 31.9 Å². The SMILES string of the molecule is Cc1nc(NC(=O)c2ccccc2OC[C@H]2CCCO2)sc1-c1nccn1C(F)F. The van der Waals surface area contributed by atoms with Gasteiger partial charge in [-0.25, -0.2) is 9.97 Å². The van der Waals surface area contributed by atoms with Crippen molar-refractivity contribution in [2.24, 2.45) is 0 Å². The number of carbonyl (C=O) groups is 1. The van der Waals surface area contributed by atoms with Gasteiger partial charge in [0.1, 0.15) is 12.4 Å². The van der Waals surface area contributed by atoms with Crippen LogP contribution in [0.15, 0.2) is 36.7 Å². The predicted molar refractivity (Wildman–Crippen MR) is 108 cm³/mol. The number of aryl methyl sites for hydroxylation is 1. The van der Waals surface area contributed by atoms with Crippen LogP contribution in [0.3, 0.4) is 0 Å². The Balaban J connectivity index is 1.50. The van der Waals surface area contributed by atoms with Crippen molar-refractivity contribution in [1.82, 2.24) is 14.5 Å². The maximum atomic E-state index is 13.2. The van der Waals surface area contributed by atoms with Gasteiger partial charge in [-0.1, -0.05) is 23.5 Å². The van der Waals surface area contributed by atoms with Crippen molar-refractivity contribution < 1.29 is 23.0 Å². The van der Waals surface area contributed by atoms with E-state index in [-0.39, 0.29) is 11.9 Å². The Morgan fingerprint density at radius 2 is 2.27 bits per heavy atom. The predicted octanol–water partition coefficient (Wildman–Crippen LogP) is 4.52. The van der Waals surface area contributed by atoms with Gasteiger partial charge in [0.05, 0.1) is 22.2 Å². The molecule has 10 heteroatoms. The van der Waals surface area contributed by atoms with Crippen LogP contribution < -0.4 is 10.1 Å². The fraction of sp³-hybridized carbons (Fsp3) is 0.350. The van der Waals surface area contributed by atoms with E-state index >= 15 is 0 Å². The van der Waals surface area contributed by atoms with Crippen LogP contribution >= 0.6 is 11.3 Å². The first-order valence-corrected chi connectivity index (χ1v) is 10.3. The fourth-order valence-corrected chi connectivity index (χ4v) is 4.17. The summed E-state index contributed by atoms with van der Waals surface area (Å²) in [6.07, 6.45) is 4.48. The lowest BCUT2D eigenvalue weighted by Gasteiger charge is -2.14. The molecule has 1 saturated heterocycles.